The molecule has 2 nitrogen and oxygen atoms in total. The average molecular weight is 539 g/mol. The SMILES string of the molecule is CCC1(CC)CC(C[n+]2cc(-c3ccccc3)c(C)cc2-c2ccccc2C)c2ccccc2-c2c(C)ccc[n+]21. The molecule has 41 heavy (non-hydrogen) atoms. The van der Waals surface area contributed by atoms with Crippen molar-refractivity contribution in [3.63, 3.8) is 0 Å². The Hall–Kier alpha value is -4.04. The van der Waals surface area contributed by atoms with Crippen LogP contribution >= 0.6 is 0 Å². The minimum atomic E-state index is 0.0569. The predicted octanol–water partition coefficient (Wildman–Crippen LogP) is 8.89. The third kappa shape index (κ3) is 4.80. The second-order valence-electron chi connectivity index (χ2n) is 11.9. The number of aromatic nitrogens is 2. The van der Waals surface area contributed by atoms with Gasteiger partial charge in [-0.1, -0.05) is 80.6 Å². The highest BCUT2D eigenvalue weighted by atomic mass is 15.1. The van der Waals surface area contributed by atoms with E-state index in [4.69, 9.17) is 0 Å². The zero-order chi connectivity index (χ0) is 28.6. The highest BCUT2D eigenvalue weighted by molar-refractivity contribution is 5.70. The Morgan fingerprint density at radius 3 is 2.07 bits per heavy atom. The summed E-state index contributed by atoms with van der Waals surface area (Å²) in [4.78, 5) is 0. The van der Waals surface area contributed by atoms with E-state index in [-0.39, 0.29) is 5.54 Å². The molecule has 1 aliphatic rings. The van der Waals surface area contributed by atoms with E-state index < -0.39 is 0 Å². The summed E-state index contributed by atoms with van der Waals surface area (Å²) in [5.41, 5.74) is 13.4. The molecule has 1 unspecified atom stereocenters. The van der Waals surface area contributed by atoms with Gasteiger partial charge in [0.25, 0.3) is 0 Å². The summed E-state index contributed by atoms with van der Waals surface area (Å²) in [5, 5.41) is 0. The fourth-order valence-corrected chi connectivity index (χ4v) is 7.23. The van der Waals surface area contributed by atoms with Gasteiger partial charge in [0, 0.05) is 48.1 Å². The number of hydrogen-bond acceptors (Lipinski definition) is 0. The number of rotatable bonds is 6. The lowest BCUT2D eigenvalue weighted by Gasteiger charge is -2.29. The van der Waals surface area contributed by atoms with Crippen molar-refractivity contribution < 1.29 is 9.13 Å². The first-order chi connectivity index (χ1) is 20.0. The van der Waals surface area contributed by atoms with E-state index in [0.29, 0.717) is 5.92 Å². The maximum Gasteiger partial charge on any atom is 0.216 e. The monoisotopic (exact) mass is 538 g/mol. The maximum absolute atomic E-state index is 2.62. The van der Waals surface area contributed by atoms with Gasteiger partial charge >= 0.3 is 0 Å². The second-order valence-corrected chi connectivity index (χ2v) is 11.9. The molecule has 206 valence electrons. The number of nitrogens with zero attached hydrogens (tertiary/aromatic N) is 2. The van der Waals surface area contributed by atoms with Crippen LogP contribution in [0.3, 0.4) is 0 Å². The minimum absolute atomic E-state index is 0.0569. The number of aryl methyl sites for hydroxylation is 3. The third-order valence-corrected chi connectivity index (χ3v) is 9.60. The van der Waals surface area contributed by atoms with Crippen LogP contribution in [0.15, 0.2) is 109 Å². The van der Waals surface area contributed by atoms with Gasteiger partial charge in [0.05, 0.1) is 11.5 Å². The molecule has 0 bridgehead atoms. The Morgan fingerprint density at radius 1 is 0.683 bits per heavy atom. The van der Waals surface area contributed by atoms with Gasteiger partial charge in [-0.25, -0.2) is 0 Å². The molecule has 3 aromatic carbocycles. The topological polar surface area (TPSA) is 7.76 Å². The van der Waals surface area contributed by atoms with Gasteiger partial charge in [-0.15, -0.1) is 0 Å². The summed E-state index contributed by atoms with van der Waals surface area (Å²) < 4.78 is 5.18. The number of benzene rings is 3. The van der Waals surface area contributed by atoms with Gasteiger partial charge in [-0.05, 0) is 61.2 Å². The fourth-order valence-electron chi connectivity index (χ4n) is 7.23. The highest BCUT2D eigenvalue weighted by Gasteiger charge is 2.46. The van der Waals surface area contributed by atoms with Crippen LogP contribution in [-0.4, -0.2) is 0 Å². The largest absolute Gasteiger partial charge is 0.216 e. The molecule has 0 radical (unpaired) electrons. The number of hydrogen-bond donors (Lipinski definition) is 0. The molecule has 1 aliphatic heterocycles. The quantitative estimate of drug-likeness (QED) is 0.191. The van der Waals surface area contributed by atoms with Crippen LogP contribution in [0.2, 0.25) is 0 Å². The predicted molar refractivity (Wildman–Crippen MR) is 170 cm³/mol. The van der Waals surface area contributed by atoms with Crippen molar-refractivity contribution in [3.05, 3.63) is 132 Å². The molecule has 5 aromatic rings. The van der Waals surface area contributed by atoms with Crippen LogP contribution in [-0.2, 0) is 12.1 Å². The Balaban J connectivity index is 1.57. The Kier molecular flexibility index (Phi) is 7.34. The smallest absolute Gasteiger partial charge is 0.197 e. The first-order valence-corrected chi connectivity index (χ1v) is 15.2. The van der Waals surface area contributed by atoms with Gasteiger partial charge in [0.1, 0.15) is 0 Å². The molecule has 2 heteroatoms. The molecule has 6 rings (SSSR count). The standard InChI is InChI=1S/C39H42N2/c1-6-39(7-2)25-32(34-21-13-14-22-35(34)38-29(4)17-15-23-41(38)39)26-40-27-36(31-18-9-8-10-19-31)30(5)24-37(40)33-20-12-11-16-28(33)3/h8-24,27,32H,6-7,25-26H2,1-5H3/q+2. The van der Waals surface area contributed by atoms with Crippen LogP contribution in [0.1, 0.15) is 61.3 Å². The van der Waals surface area contributed by atoms with E-state index in [2.05, 4.69) is 153 Å². The molecule has 0 aliphatic carbocycles. The minimum Gasteiger partial charge on any atom is -0.197 e. The Morgan fingerprint density at radius 2 is 1.34 bits per heavy atom. The Bertz CT molecular complexity index is 1690. The van der Waals surface area contributed by atoms with Crippen molar-refractivity contribution in [3.8, 4) is 33.6 Å². The third-order valence-electron chi connectivity index (χ3n) is 9.60. The molecule has 0 amide bonds. The molecule has 3 heterocycles. The summed E-state index contributed by atoms with van der Waals surface area (Å²) in [5.74, 6) is 0.365. The highest BCUT2D eigenvalue weighted by Crippen LogP contribution is 2.42. The van der Waals surface area contributed by atoms with Crippen molar-refractivity contribution in [2.24, 2.45) is 0 Å². The summed E-state index contributed by atoms with van der Waals surface area (Å²) in [6.07, 6.45) is 8.07. The summed E-state index contributed by atoms with van der Waals surface area (Å²) >= 11 is 0. The lowest BCUT2D eigenvalue weighted by Crippen LogP contribution is -2.57. The van der Waals surface area contributed by atoms with Crippen molar-refractivity contribution >= 4 is 0 Å². The number of pyridine rings is 2. The molecule has 1 atom stereocenters. The van der Waals surface area contributed by atoms with E-state index >= 15 is 0 Å². The summed E-state index contributed by atoms with van der Waals surface area (Å²) in [6.45, 7) is 12.4. The molecular formula is C39H42N2+2. The van der Waals surface area contributed by atoms with Crippen LogP contribution < -0.4 is 9.13 Å². The van der Waals surface area contributed by atoms with Crippen LogP contribution in [0.25, 0.3) is 33.6 Å². The molecular weight excluding hydrogens is 496 g/mol. The molecule has 0 saturated heterocycles. The first kappa shape index (κ1) is 27.1. The molecule has 2 aromatic heterocycles. The molecule has 0 fully saturated rings. The van der Waals surface area contributed by atoms with Gasteiger partial charge in [0.15, 0.2) is 24.5 Å². The van der Waals surface area contributed by atoms with E-state index in [1.54, 1.807) is 0 Å². The lowest BCUT2D eigenvalue weighted by atomic mass is 9.80. The summed E-state index contributed by atoms with van der Waals surface area (Å²) in [7, 11) is 0. The van der Waals surface area contributed by atoms with Crippen LogP contribution in [0.4, 0.5) is 0 Å². The van der Waals surface area contributed by atoms with Crippen LogP contribution in [0.5, 0.6) is 0 Å². The van der Waals surface area contributed by atoms with Crippen molar-refractivity contribution in [2.45, 2.75) is 71.9 Å². The fraction of sp³-hybridized carbons (Fsp3) is 0.282. The number of fused-ring (bicyclic) bond motifs is 3. The molecule has 0 saturated carbocycles. The molecule has 0 spiro atoms. The lowest BCUT2D eigenvalue weighted by molar-refractivity contribution is -0.759. The van der Waals surface area contributed by atoms with Gasteiger partial charge < -0.3 is 0 Å². The second kappa shape index (κ2) is 11.1. The van der Waals surface area contributed by atoms with Crippen LogP contribution in [0, 0.1) is 20.8 Å². The molecule has 0 N–H and O–H groups in total. The maximum atomic E-state index is 2.62. The Labute approximate surface area is 246 Å². The van der Waals surface area contributed by atoms with Gasteiger partial charge in [-0.2, -0.15) is 9.13 Å². The zero-order valence-corrected chi connectivity index (χ0v) is 25.2. The van der Waals surface area contributed by atoms with Gasteiger partial charge in [0.2, 0.25) is 11.4 Å². The van der Waals surface area contributed by atoms with Crippen molar-refractivity contribution in [1.82, 2.24) is 0 Å². The average Bonchev–Trinajstić information content (AvgIpc) is 3.12. The van der Waals surface area contributed by atoms with E-state index in [9.17, 15) is 0 Å². The van der Waals surface area contributed by atoms with Crippen molar-refractivity contribution in [2.75, 3.05) is 0 Å². The van der Waals surface area contributed by atoms with Gasteiger partial charge in [-0.3, -0.25) is 0 Å². The zero-order valence-electron chi connectivity index (χ0n) is 25.2. The van der Waals surface area contributed by atoms with Crippen molar-refractivity contribution in [1.29, 1.82) is 0 Å². The van der Waals surface area contributed by atoms with E-state index in [1.165, 1.54) is 55.9 Å². The van der Waals surface area contributed by atoms with E-state index in [0.717, 1.165) is 25.8 Å². The normalized spacial score (nSPS) is 15.6. The summed E-state index contributed by atoms with van der Waals surface area (Å²) in [6, 6.07) is 35.8. The first-order valence-electron chi connectivity index (χ1n) is 15.2. The van der Waals surface area contributed by atoms with E-state index in [1.807, 2.05) is 0 Å².